The quantitative estimate of drug-likeness (QED) is 0.480. The maximum atomic E-state index is 12.5. The molecule has 28 heavy (non-hydrogen) atoms. The summed E-state index contributed by atoms with van der Waals surface area (Å²) >= 11 is 0. The standard InChI is InChI=1S/C25H20N2O/c1-17(28)27-24(16-23(26-27)18-9-3-2-4-10-18)25-21-13-7-5-11-19(21)15-20-12-6-8-14-22(20)25/h2-16,24,26H,1H3. The highest BCUT2D eigenvalue weighted by atomic mass is 16.2. The van der Waals surface area contributed by atoms with Crippen molar-refractivity contribution >= 4 is 33.1 Å². The van der Waals surface area contributed by atoms with Gasteiger partial charge in [0.25, 0.3) is 0 Å². The first-order valence-electron chi connectivity index (χ1n) is 9.46. The third kappa shape index (κ3) is 2.64. The summed E-state index contributed by atoms with van der Waals surface area (Å²) in [5.41, 5.74) is 6.51. The number of hydrogen-bond donors (Lipinski definition) is 1. The van der Waals surface area contributed by atoms with E-state index < -0.39 is 0 Å². The van der Waals surface area contributed by atoms with E-state index in [9.17, 15) is 4.79 Å². The molecule has 1 unspecified atom stereocenters. The molecular formula is C25H20N2O. The molecule has 0 spiro atoms. The van der Waals surface area contributed by atoms with Crippen LogP contribution in [-0.4, -0.2) is 10.9 Å². The Morgan fingerprint density at radius 1 is 0.821 bits per heavy atom. The molecule has 0 fully saturated rings. The molecule has 136 valence electrons. The van der Waals surface area contributed by atoms with Crippen LogP contribution in [0, 0.1) is 0 Å². The number of rotatable bonds is 2. The average Bonchev–Trinajstić information content (AvgIpc) is 3.18. The van der Waals surface area contributed by atoms with Crippen LogP contribution in [0.2, 0.25) is 0 Å². The largest absolute Gasteiger partial charge is 0.295 e. The molecule has 1 heterocycles. The lowest BCUT2D eigenvalue weighted by Gasteiger charge is -2.26. The van der Waals surface area contributed by atoms with Crippen molar-refractivity contribution in [3.05, 3.63) is 102 Å². The summed E-state index contributed by atoms with van der Waals surface area (Å²) in [5, 5.41) is 6.44. The van der Waals surface area contributed by atoms with Crippen molar-refractivity contribution in [3.63, 3.8) is 0 Å². The summed E-state index contributed by atoms with van der Waals surface area (Å²) in [6.45, 7) is 1.61. The normalized spacial score (nSPS) is 16.2. The van der Waals surface area contributed by atoms with Crippen molar-refractivity contribution in [1.29, 1.82) is 0 Å². The molecular weight excluding hydrogens is 344 g/mol. The zero-order valence-corrected chi connectivity index (χ0v) is 15.6. The second kappa shape index (κ2) is 6.54. The monoisotopic (exact) mass is 364 g/mol. The predicted octanol–water partition coefficient (Wildman–Crippen LogP) is 5.44. The lowest BCUT2D eigenvalue weighted by Crippen LogP contribution is -2.38. The molecule has 0 bridgehead atoms. The zero-order valence-electron chi connectivity index (χ0n) is 15.6. The van der Waals surface area contributed by atoms with Gasteiger partial charge in [-0.05, 0) is 44.8 Å². The molecule has 3 heteroatoms. The molecule has 5 rings (SSSR count). The molecule has 0 saturated carbocycles. The fourth-order valence-corrected chi connectivity index (χ4v) is 4.10. The first-order chi connectivity index (χ1) is 13.7. The Kier molecular flexibility index (Phi) is 3.87. The van der Waals surface area contributed by atoms with Gasteiger partial charge in [-0.1, -0.05) is 78.9 Å². The van der Waals surface area contributed by atoms with E-state index >= 15 is 0 Å². The first kappa shape index (κ1) is 16.6. The van der Waals surface area contributed by atoms with Crippen LogP contribution in [0.4, 0.5) is 0 Å². The lowest BCUT2D eigenvalue weighted by atomic mass is 9.91. The fourth-order valence-electron chi connectivity index (χ4n) is 4.10. The van der Waals surface area contributed by atoms with Crippen molar-refractivity contribution < 1.29 is 4.79 Å². The molecule has 0 saturated heterocycles. The lowest BCUT2D eigenvalue weighted by molar-refractivity contribution is -0.131. The van der Waals surface area contributed by atoms with E-state index in [0.29, 0.717) is 0 Å². The highest BCUT2D eigenvalue weighted by molar-refractivity contribution is 6.03. The number of benzene rings is 4. The Morgan fingerprint density at radius 3 is 2.00 bits per heavy atom. The molecule has 1 amide bonds. The third-order valence-corrected chi connectivity index (χ3v) is 5.38. The topological polar surface area (TPSA) is 32.3 Å². The molecule has 4 aromatic rings. The highest BCUT2D eigenvalue weighted by Gasteiger charge is 2.31. The SMILES string of the molecule is CC(=O)N1NC(c2ccccc2)=CC1c1c2ccccc2cc2ccccc12. The third-order valence-electron chi connectivity index (χ3n) is 5.38. The minimum absolute atomic E-state index is 0.0100. The maximum Gasteiger partial charge on any atom is 0.238 e. The Balaban J connectivity index is 1.79. The molecule has 1 N–H and O–H groups in total. The van der Waals surface area contributed by atoms with Gasteiger partial charge in [0.2, 0.25) is 5.91 Å². The van der Waals surface area contributed by atoms with E-state index in [0.717, 1.165) is 16.8 Å². The van der Waals surface area contributed by atoms with Gasteiger partial charge in [-0.3, -0.25) is 10.2 Å². The number of amides is 1. The Bertz CT molecular complexity index is 1170. The number of carbonyl (C=O) groups is 1. The van der Waals surface area contributed by atoms with Gasteiger partial charge in [0.05, 0.1) is 11.7 Å². The molecule has 3 nitrogen and oxygen atoms in total. The molecule has 1 atom stereocenters. The van der Waals surface area contributed by atoms with Gasteiger partial charge >= 0.3 is 0 Å². The smallest absolute Gasteiger partial charge is 0.238 e. The van der Waals surface area contributed by atoms with Crippen LogP contribution in [0.5, 0.6) is 0 Å². The van der Waals surface area contributed by atoms with Crippen molar-refractivity contribution in [3.8, 4) is 0 Å². The van der Waals surface area contributed by atoms with Gasteiger partial charge in [0.15, 0.2) is 0 Å². The fraction of sp³-hybridized carbons (Fsp3) is 0.0800. The van der Waals surface area contributed by atoms with Crippen LogP contribution < -0.4 is 5.43 Å². The van der Waals surface area contributed by atoms with Crippen LogP contribution in [-0.2, 0) is 4.79 Å². The molecule has 0 aromatic heterocycles. The Labute approximate surface area is 163 Å². The van der Waals surface area contributed by atoms with Crippen LogP contribution >= 0.6 is 0 Å². The molecule has 4 aromatic carbocycles. The zero-order chi connectivity index (χ0) is 19.1. The number of fused-ring (bicyclic) bond motifs is 2. The minimum atomic E-state index is -0.177. The van der Waals surface area contributed by atoms with Crippen LogP contribution in [0.15, 0.2) is 91.0 Å². The van der Waals surface area contributed by atoms with Gasteiger partial charge in [0, 0.05) is 6.92 Å². The van der Waals surface area contributed by atoms with Crippen molar-refractivity contribution in [2.24, 2.45) is 0 Å². The summed E-state index contributed by atoms with van der Waals surface area (Å²) in [6, 6.07) is 29.0. The van der Waals surface area contributed by atoms with Crippen molar-refractivity contribution in [2.75, 3.05) is 0 Å². The van der Waals surface area contributed by atoms with Gasteiger partial charge in [-0.25, -0.2) is 5.01 Å². The van der Waals surface area contributed by atoms with E-state index in [1.807, 2.05) is 18.2 Å². The Morgan fingerprint density at radius 2 is 1.39 bits per heavy atom. The summed E-state index contributed by atoms with van der Waals surface area (Å²) in [5.74, 6) is -0.0100. The summed E-state index contributed by atoms with van der Waals surface area (Å²) in [7, 11) is 0. The van der Waals surface area contributed by atoms with Gasteiger partial charge in [-0.2, -0.15) is 0 Å². The second-order valence-corrected chi connectivity index (χ2v) is 7.12. The number of hydrazine groups is 1. The van der Waals surface area contributed by atoms with E-state index in [2.05, 4.69) is 78.2 Å². The van der Waals surface area contributed by atoms with E-state index in [1.54, 1.807) is 11.9 Å². The number of carbonyl (C=O) groups excluding carboxylic acids is 1. The van der Waals surface area contributed by atoms with Gasteiger partial charge in [-0.15, -0.1) is 0 Å². The molecule has 0 radical (unpaired) electrons. The highest BCUT2D eigenvalue weighted by Crippen LogP contribution is 2.39. The summed E-state index contributed by atoms with van der Waals surface area (Å²) < 4.78 is 0. The first-order valence-corrected chi connectivity index (χ1v) is 9.46. The second-order valence-electron chi connectivity index (χ2n) is 7.12. The summed E-state index contributed by atoms with van der Waals surface area (Å²) in [4.78, 5) is 12.5. The average molecular weight is 364 g/mol. The minimum Gasteiger partial charge on any atom is -0.295 e. The Hall–Kier alpha value is -3.59. The number of nitrogens with zero attached hydrogens (tertiary/aromatic N) is 1. The van der Waals surface area contributed by atoms with Crippen LogP contribution in [0.25, 0.3) is 27.2 Å². The van der Waals surface area contributed by atoms with E-state index in [1.165, 1.54) is 21.5 Å². The van der Waals surface area contributed by atoms with Gasteiger partial charge in [0.1, 0.15) is 0 Å². The predicted molar refractivity (Wildman–Crippen MR) is 114 cm³/mol. The van der Waals surface area contributed by atoms with Gasteiger partial charge < -0.3 is 0 Å². The summed E-state index contributed by atoms with van der Waals surface area (Å²) in [6.07, 6.45) is 2.16. The number of hydrogen-bond acceptors (Lipinski definition) is 2. The van der Waals surface area contributed by atoms with Crippen molar-refractivity contribution in [1.82, 2.24) is 10.4 Å². The maximum absolute atomic E-state index is 12.5. The molecule has 1 aliphatic heterocycles. The van der Waals surface area contributed by atoms with E-state index in [4.69, 9.17) is 0 Å². The molecule has 0 aliphatic carbocycles. The van der Waals surface area contributed by atoms with Crippen LogP contribution in [0.3, 0.4) is 0 Å². The van der Waals surface area contributed by atoms with E-state index in [-0.39, 0.29) is 11.9 Å². The molecule has 1 aliphatic rings. The van der Waals surface area contributed by atoms with Crippen molar-refractivity contribution in [2.45, 2.75) is 13.0 Å². The number of nitrogens with one attached hydrogen (secondary N) is 1. The van der Waals surface area contributed by atoms with Crippen LogP contribution in [0.1, 0.15) is 24.1 Å².